The molecule has 5 nitrogen and oxygen atoms in total. The number of benzene rings is 3. The van der Waals surface area contributed by atoms with Crippen LogP contribution in [0.2, 0.25) is 0 Å². The van der Waals surface area contributed by atoms with Crippen molar-refractivity contribution in [2.45, 2.75) is 13.5 Å². The minimum Gasteiger partial charge on any atom is -0.457 e. The third-order valence-corrected chi connectivity index (χ3v) is 4.26. The summed E-state index contributed by atoms with van der Waals surface area (Å²) < 4.78 is 5.73. The Hall–Kier alpha value is -4.04. The Morgan fingerprint density at radius 1 is 0.966 bits per heavy atom. The highest BCUT2D eigenvalue weighted by Crippen LogP contribution is 2.22. The van der Waals surface area contributed by atoms with Crippen LogP contribution in [0.5, 0.6) is 11.5 Å². The van der Waals surface area contributed by atoms with Crippen molar-refractivity contribution in [2.24, 2.45) is 0 Å². The second-order valence-electron chi connectivity index (χ2n) is 6.37. The van der Waals surface area contributed by atoms with E-state index in [1.807, 2.05) is 67.6 Å². The summed E-state index contributed by atoms with van der Waals surface area (Å²) in [6.07, 6.45) is 1.44. The van der Waals surface area contributed by atoms with Gasteiger partial charge in [-0.15, -0.1) is 0 Å². The summed E-state index contributed by atoms with van der Waals surface area (Å²) in [5.74, 6) is 0.922. The number of hydrogen-bond acceptors (Lipinski definition) is 4. The van der Waals surface area contributed by atoms with Gasteiger partial charge in [-0.2, -0.15) is 5.26 Å². The van der Waals surface area contributed by atoms with Gasteiger partial charge in [0.2, 0.25) is 0 Å². The third-order valence-electron chi connectivity index (χ3n) is 4.26. The van der Waals surface area contributed by atoms with Crippen LogP contribution < -0.4 is 15.4 Å². The molecule has 3 aromatic carbocycles. The number of rotatable bonds is 7. The maximum atomic E-state index is 12.4. The summed E-state index contributed by atoms with van der Waals surface area (Å²) in [6, 6.07) is 26.3. The highest BCUT2D eigenvalue weighted by molar-refractivity contribution is 6.06. The topological polar surface area (TPSA) is 74.2 Å². The van der Waals surface area contributed by atoms with Gasteiger partial charge in [-0.3, -0.25) is 4.79 Å². The molecule has 0 atom stereocenters. The highest BCUT2D eigenvalue weighted by atomic mass is 16.5. The Kier molecular flexibility index (Phi) is 6.64. The lowest BCUT2D eigenvalue weighted by Gasteiger charge is -2.08. The van der Waals surface area contributed by atoms with Gasteiger partial charge < -0.3 is 15.4 Å². The van der Waals surface area contributed by atoms with E-state index in [1.54, 1.807) is 24.3 Å². The first kappa shape index (κ1) is 19.7. The Bertz CT molecular complexity index is 1040. The minimum absolute atomic E-state index is 0.00296. The molecule has 0 heterocycles. The maximum absolute atomic E-state index is 12.4. The van der Waals surface area contributed by atoms with Crippen molar-refractivity contribution in [3.63, 3.8) is 0 Å². The van der Waals surface area contributed by atoms with Crippen molar-refractivity contribution in [3.05, 3.63) is 102 Å². The van der Waals surface area contributed by atoms with E-state index >= 15 is 0 Å². The SMILES string of the molecule is Cc1ccccc1CN/C=C(/C#N)C(=O)Nc1ccc(Oc2ccccc2)cc1. The second-order valence-corrected chi connectivity index (χ2v) is 6.37. The van der Waals surface area contributed by atoms with E-state index in [0.29, 0.717) is 18.0 Å². The van der Waals surface area contributed by atoms with Crippen LogP contribution in [0.1, 0.15) is 11.1 Å². The summed E-state index contributed by atoms with van der Waals surface area (Å²) >= 11 is 0. The molecule has 0 saturated heterocycles. The number of carbonyl (C=O) groups is 1. The Morgan fingerprint density at radius 2 is 1.62 bits per heavy atom. The molecule has 0 radical (unpaired) electrons. The van der Waals surface area contributed by atoms with E-state index in [1.165, 1.54) is 6.20 Å². The van der Waals surface area contributed by atoms with Crippen LogP contribution in [0, 0.1) is 18.3 Å². The number of anilines is 1. The number of nitrogens with one attached hydrogen (secondary N) is 2. The zero-order valence-corrected chi connectivity index (χ0v) is 16.1. The zero-order valence-electron chi connectivity index (χ0n) is 16.1. The number of ether oxygens (including phenoxy) is 1. The first-order chi connectivity index (χ1) is 14.2. The summed E-state index contributed by atoms with van der Waals surface area (Å²) in [5, 5.41) is 15.0. The van der Waals surface area contributed by atoms with Crippen LogP contribution in [0.4, 0.5) is 5.69 Å². The van der Waals surface area contributed by atoms with Crippen LogP contribution in [0.25, 0.3) is 0 Å². The lowest BCUT2D eigenvalue weighted by Crippen LogP contribution is -2.16. The maximum Gasteiger partial charge on any atom is 0.267 e. The van der Waals surface area contributed by atoms with Gasteiger partial charge in [-0.05, 0) is 54.4 Å². The van der Waals surface area contributed by atoms with Gasteiger partial charge in [0.15, 0.2) is 0 Å². The van der Waals surface area contributed by atoms with Crippen molar-refractivity contribution in [3.8, 4) is 17.6 Å². The van der Waals surface area contributed by atoms with Gasteiger partial charge in [0, 0.05) is 18.4 Å². The first-order valence-corrected chi connectivity index (χ1v) is 9.18. The molecule has 29 heavy (non-hydrogen) atoms. The van der Waals surface area contributed by atoms with Gasteiger partial charge >= 0.3 is 0 Å². The molecule has 0 fully saturated rings. The van der Waals surface area contributed by atoms with Gasteiger partial charge in [-0.25, -0.2) is 0 Å². The molecule has 0 aliphatic rings. The molecule has 2 N–H and O–H groups in total. The molecule has 0 spiro atoms. The normalized spacial score (nSPS) is 10.7. The molecule has 3 aromatic rings. The van der Waals surface area contributed by atoms with Crippen molar-refractivity contribution >= 4 is 11.6 Å². The van der Waals surface area contributed by atoms with Gasteiger partial charge in [0.1, 0.15) is 23.1 Å². The summed E-state index contributed by atoms with van der Waals surface area (Å²) in [5.41, 5.74) is 2.84. The molecule has 5 heteroatoms. The molecule has 0 bridgehead atoms. The largest absolute Gasteiger partial charge is 0.457 e. The molecule has 1 amide bonds. The molecule has 0 aliphatic heterocycles. The molecule has 0 saturated carbocycles. The van der Waals surface area contributed by atoms with Crippen molar-refractivity contribution < 1.29 is 9.53 Å². The van der Waals surface area contributed by atoms with Crippen LogP contribution in [-0.2, 0) is 11.3 Å². The van der Waals surface area contributed by atoms with Gasteiger partial charge in [0.05, 0.1) is 0 Å². The number of amides is 1. The van der Waals surface area contributed by atoms with E-state index < -0.39 is 5.91 Å². The number of hydrogen-bond donors (Lipinski definition) is 2. The molecule has 0 aliphatic carbocycles. The smallest absolute Gasteiger partial charge is 0.267 e. The fraction of sp³-hybridized carbons (Fsp3) is 0.0833. The minimum atomic E-state index is -0.471. The number of aryl methyl sites for hydroxylation is 1. The van der Waals surface area contributed by atoms with E-state index in [9.17, 15) is 10.1 Å². The molecule has 0 aromatic heterocycles. The zero-order chi connectivity index (χ0) is 20.5. The van der Waals surface area contributed by atoms with Crippen LogP contribution in [0.15, 0.2) is 90.6 Å². The predicted octanol–water partition coefficient (Wildman–Crippen LogP) is 4.92. The number of para-hydroxylation sites is 1. The van der Waals surface area contributed by atoms with Crippen LogP contribution in [0.3, 0.4) is 0 Å². The summed E-state index contributed by atoms with van der Waals surface area (Å²) in [6.45, 7) is 2.56. The predicted molar refractivity (Wildman–Crippen MR) is 113 cm³/mol. The highest BCUT2D eigenvalue weighted by Gasteiger charge is 2.09. The van der Waals surface area contributed by atoms with Crippen molar-refractivity contribution in [1.29, 1.82) is 5.26 Å². The lowest BCUT2D eigenvalue weighted by atomic mass is 10.1. The Morgan fingerprint density at radius 3 is 2.31 bits per heavy atom. The average molecular weight is 383 g/mol. The Balaban J connectivity index is 1.57. The number of nitrogens with zero attached hydrogens (tertiary/aromatic N) is 1. The molecular formula is C24H21N3O2. The van der Waals surface area contributed by atoms with Gasteiger partial charge in [-0.1, -0.05) is 42.5 Å². The second kappa shape index (κ2) is 9.77. The molecule has 0 unspecified atom stereocenters. The third kappa shape index (κ3) is 5.72. The number of nitriles is 1. The van der Waals surface area contributed by atoms with Crippen molar-refractivity contribution in [1.82, 2.24) is 5.32 Å². The average Bonchev–Trinajstić information content (AvgIpc) is 2.74. The molecular weight excluding hydrogens is 362 g/mol. The lowest BCUT2D eigenvalue weighted by molar-refractivity contribution is -0.112. The summed E-state index contributed by atoms with van der Waals surface area (Å²) in [4.78, 5) is 12.4. The molecule has 3 rings (SSSR count). The summed E-state index contributed by atoms with van der Waals surface area (Å²) in [7, 11) is 0. The van der Waals surface area contributed by atoms with Crippen molar-refractivity contribution in [2.75, 3.05) is 5.32 Å². The van der Waals surface area contributed by atoms with Gasteiger partial charge in [0.25, 0.3) is 5.91 Å². The fourth-order valence-electron chi connectivity index (χ4n) is 2.65. The Labute approximate surface area is 170 Å². The number of carbonyl (C=O) groups excluding carboxylic acids is 1. The quantitative estimate of drug-likeness (QED) is 0.448. The van der Waals surface area contributed by atoms with E-state index in [-0.39, 0.29) is 5.57 Å². The standard InChI is InChI=1S/C24H21N3O2/c1-18-7-5-6-8-19(18)16-26-17-20(15-25)24(28)27-21-11-13-23(14-12-21)29-22-9-3-2-4-10-22/h2-14,17,26H,16H2,1H3,(H,27,28)/b20-17-. The first-order valence-electron chi connectivity index (χ1n) is 9.18. The molecule has 144 valence electrons. The monoisotopic (exact) mass is 383 g/mol. The van der Waals surface area contributed by atoms with E-state index in [2.05, 4.69) is 10.6 Å². The fourth-order valence-corrected chi connectivity index (χ4v) is 2.65. The van der Waals surface area contributed by atoms with Crippen LogP contribution >= 0.6 is 0 Å². The van der Waals surface area contributed by atoms with Crippen LogP contribution in [-0.4, -0.2) is 5.91 Å². The van der Waals surface area contributed by atoms with E-state index in [4.69, 9.17) is 4.74 Å². The van der Waals surface area contributed by atoms with E-state index in [0.717, 1.165) is 16.9 Å².